The van der Waals surface area contributed by atoms with Crippen LogP contribution in [0.2, 0.25) is 0 Å². The Morgan fingerprint density at radius 3 is 2.33 bits per heavy atom. The molecule has 1 saturated heterocycles. The highest BCUT2D eigenvalue weighted by atomic mass is 16.2. The first kappa shape index (κ1) is 20.7. The first-order valence-electron chi connectivity index (χ1n) is 9.31. The van der Waals surface area contributed by atoms with E-state index in [0.29, 0.717) is 25.2 Å². The van der Waals surface area contributed by atoms with Crippen LogP contribution in [-0.4, -0.2) is 61.6 Å². The average molecular weight is 340 g/mol. The predicted molar refractivity (Wildman–Crippen MR) is 101 cm³/mol. The summed E-state index contributed by atoms with van der Waals surface area (Å²) in [5.74, 6) is 0.919. The number of rotatable bonds is 6. The van der Waals surface area contributed by atoms with Gasteiger partial charge in [-0.2, -0.15) is 0 Å². The van der Waals surface area contributed by atoms with Crippen molar-refractivity contribution >= 4 is 11.9 Å². The third-order valence-electron chi connectivity index (χ3n) is 4.29. The van der Waals surface area contributed by atoms with Gasteiger partial charge in [-0.25, -0.2) is 0 Å². The van der Waals surface area contributed by atoms with Crippen molar-refractivity contribution in [1.29, 1.82) is 0 Å². The molecule has 6 heteroatoms. The fourth-order valence-electron chi connectivity index (χ4n) is 2.68. The summed E-state index contributed by atoms with van der Waals surface area (Å²) >= 11 is 0. The number of hydrogen-bond donors (Lipinski definition) is 3. The van der Waals surface area contributed by atoms with Crippen LogP contribution in [0.4, 0.5) is 0 Å². The van der Waals surface area contributed by atoms with Gasteiger partial charge in [-0.1, -0.05) is 20.8 Å². The molecule has 0 aliphatic carbocycles. The number of nitrogens with zero attached hydrogens (tertiary/aromatic N) is 2. The quantitative estimate of drug-likeness (QED) is 0.390. The zero-order chi connectivity index (χ0) is 18.2. The van der Waals surface area contributed by atoms with E-state index in [1.807, 2.05) is 20.8 Å². The molecule has 0 aromatic rings. The van der Waals surface area contributed by atoms with Crippen LogP contribution in [0.3, 0.4) is 0 Å². The molecule has 1 aliphatic heterocycles. The third-order valence-corrected chi connectivity index (χ3v) is 4.29. The standard InChI is InChI=1S/C18H37N5O/c1-7-19-17(21-11-10-20-16(24)18(4,5)6)22-15-8-12-23(13-9-15)14(2)3/h14-15H,7-13H2,1-6H3,(H,20,24)(H2,19,21,22). The number of piperidine rings is 1. The first-order valence-corrected chi connectivity index (χ1v) is 9.31. The highest BCUT2D eigenvalue weighted by Gasteiger charge is 2.22. The van der Waals surface area contributed by atoms with E-state index < -0.39 is 0 Å². The van der Waals surface area contributed by atoms with E-state index in [2.05, 4.69) is 46.6 Å². The number of guanidine groups is 1. The minimum atomic E-state index is -0.350. The second-order valence-corrected chi connectivity index (χ2v) is 7.81. The van der Waals surface area contributed by atoms with Crippen molar-refractivity contribution in [3.8, 4) is 0 Å². The number of likely N-dealkylation sites (tertiary alicyclic amines) is 1. The Hall–Kier alpha value is -1.30. The van der Waals surface area contributed by atoms with Crippen molar-refractivity contribution < 1.29 is 4.79 Å². The van der Waals surface area contributed by atoms with Gasteiger partial charge < -0.3 is 20.9 Å². The van der Waals surface area contributed by atoms with Gasteiger partial charge in [0.05, 0.1) is 6.54 Å². The van der Waals surface area contributed by atoms with Gasteiger partial charge in [0.2, 0.25) is 5.91 Å². The second-order valence-electron chi connectivity index (χ2n) is 7.81. The summed E-state index contributed by atoms with van der Waals surface area (Å²) in [5, 5.41) is 9.76. The van der Waals surface area contributed by atoms with Gasteiger partial charge in [0.25, 0.3) is 0 Å². The van der Waals surface area contributed by atoms with Crippen molar-refractivity contribution in [2.45, 2.75) is 66.5 Å². The zero-order valence-electron chi connectivity index (χ0n) is 16.4. The number of carbonyl (C=O) groups is 1. The SMILES string of the molecule is CCNC(=NCCNC(=O)C(C)(C)C)NC1CCN(C(C)C)CC1. The lowest BCUT2D eigenvalue weighted by molar-refractivity contribution is -0.128. The molecule has 0 unspecified atom stereocenters. The van der Waals surface area contributed by atoms with Gasteiger partial charge in [0, 0.05) is 43.7 Å². The van der Waals surface area contributed by atoms with Gasteiger partial charge in [-0.05, 0) is 33.6 Å². The summed E-state index contributed by atoms with van der Waals surface area (Å²) in [5.41, 5.74) is -0.350. The van der Waals surface area contributed by atoms with Crippen LogP contribution in [0, 0.1) is 5.41 Å². The van der Waals surface area contributed by atoms with Crippen molar-refractivity contribution in [1.82, 2.24) is 20.9 Å². The number of aliphatic imine (C=N–C) groups is 1. The summed E-state index contributed by atoms with van der Waals surface area (Å²) in [7, 11) is 0. The van der Waals surface area contributed by atoms with Gasteiger partial charge in [0.15, 0.2) is 5.96 Å². The Morgan fingerprint density at radius 2 is 1.83 bits per heavy atom. The minimum absolute atomic E-state index is 0.0664. The fraction of sp³-hybridized carbons (Fsp3) is 0.889. The van der Waals surface area contributed by atoms with Crippen LogP contribution in [0.1, 0.15) is 54.4 Å². The monoisotopic (exact) mass is 339 g/mol. The Morgan fingerprint density at radius 1 is 1.21 bits per heavy atom. The predicted octanol–water partition coefficient (Wildman–Crippen LogP) is 1.58. The molecular weight excluding hydrogens is 302 g/mol. The lowest BCUT2D eigenvalue weighted by Crippen LogP contribution is -2.50. The second kappa shape index (κ2) is 9.87. The molecule has 0 spiro atoms. The molecule has 1 fully saturated rings. The van der Waals surface area contributed by atoms with Crippen LogP contribution < -0.4 is 16.0 Å². The topological polar surface area (TPSA) is 68.8 Å². The Bertz CT molecular complexity index is 406. The molecule has 24 heavy (non-hydrogen) atoms. The molecule has 0 radical (unpaired) electrons. The molecule has 3 N–H and O–H groups in total. The molecule has 0 saturated carbocycles. The van der Waals surface area contributed by atoms with E-state index in [4.69, 9.17) is 0 Å². The van der Waals surface area contributed by atoms with E-state index in [-0.39, 0.29) is 11.3 Å². The lowest BCUT2D eigenvalue weighted by atomic mass is 9.96. The normalized spacial score (nSPS) is 17.9. The molecule has 1 amide bonds. The van der Waals surface area contributed by atoms with Crippen LogP contribution >= 0.6 is 0 Å². The Balaban J connectivity index is 2.39. The fourth-order valence-corrected chi connectivity index (χ4v) is 2.68. The summed E-state index contributed by atoms with van der Waals surface area (Å²) in [6.45, 7) is 16.6. The van der Waals surface area contributed by atoms with E-state index in [1.54, 1.807) is 0 Å². The zero-order valence-corrected chi connectivity index (χ0v) is 16.4. The molecule has 0 bridgehead atoms. The number of hydrogen-bond acceptors (Lipinski definition) is 3. The summed E-state index contributed by atoms with van der Waals surface area (Å²) < 4.78 is 0. The maximum absolute atomic E-state index is 11.8. The first-order chi connectivity index (χ1) is 11.2. The van der Waals surface area contributed by atoms with Crippen LogP contribution in [0.25, 0.3) is 0 Å². The van der Waals surface area contributed by atoms with Gasteiger partial charge in [0.1, 0.15) is 0 Å². The number of carbonyl (C=O) groups excluding carboxylic acids is 1. The van der Waals surface area contributed by atoms with Crippen molar-refractivity contribution in [2.75, 3.05) is 32.7 Å². The van der Waals surface area contributed by atoms with E-state index in [0.717, 1.165) is 38.4 Å². The van der Waals surface area contributed by atoms with Crippen molar-refractivity contribution in [3.05, 3.63) is 0 Å². The molecule has 0 aromatic carbocycles. The molecule has 140 valence electrons. The molecule has 0 aromatic heterocycles. The molecule has 6 nitrogen and oxygen atoms in total. The average Bonchev–Trinajstić information content (AvgIpc) is 2.51. The highest BCUT2D eigenvalue weighted by Crippen LogP contribution is 2.13. The van der Waals surface area contributed by atoms with Crippen LogP contribution in [0.5, 0.6) is 0 Å². The van der Waals surface area contributed by atoms with Crippen molar-refractivity contribution in [3.63, 3.8) is 0 Å². The van der Waals surface area contributed by atoms with E-state index in [1.165, 1.54) is 0 Å². The maximum Gasteiger partial charge on any atom is 0.225 e. The molecule has 1 heterocycles. The van der Waals surface area contributed by atoms with Gasteiger partial charge >= 0.3 is 0 Å². The Labute approximate surface area is 147 Å². The number of nitrogens with one attached hydrogen (secondary N) is 3. The summed E-state index contributed by atoms with van der Waals surface area (Å²) in [6, 6.07) is 1.10. The molecule has 1 aliphatic rings. The lowest BCUT2D eigenvalue weighted by Gasteiger charge is -2.35. The number of amides is 1. The Kier molecular flexibility index (Phi) is 8.53. The third kappa shape index (κ3) is 7.51. The van der Waals surface area contributed by atoms with E-state index >= 15 is 0 Å². The van der Waals surface area contributed by atoms with Gasteiger partial charge in [-0.15, -0.1) is 0 Å². The van der Waals surface area contributed by atoms with Crippen LogP contribution in [0.15, 0.2) is 4.99 Å². The van der Waals surface area contributed by atoms with Crippen LogP contribution in [-0.2, 0) is 4.79 Å². The van der Waals surface area contributed by atoms with Gasteiger partial charge in [-0.3, -0.25) is 9.79 Å². The smallest absolute Gasteiger partial charge is 0.225 e. The molecule has 1 rings (SSSR count). The highest BCUT2D eigenvalue weighted by molar-refractivity contribution is 5.81. The van der Waals surface area contributed by atoms with Crippen molar-refractivity contribution in [2.24, 2.45) is 10.4 Å². The largest absolute Gasteiger partial charge is 0.357 e. The minimum Gasteiger partial charge on any atom is -0.357 e. The van der Waals surface area contributed by atoms with E-state index in [9.17, 15) is 4.79 Å². The maximum atomic E-state index is 11.8. The summed E-state index contributed by atoms with van der Waals surface area (Å²) in [6.07, 6.45) is 2.28. The molecule has 0 atom stereocenters. The molecular formula is C18H37N5O. The summed E-state index contributed by atoms with van der Waals surface area (Å²) in [4.78, 5) is 18.9.